The molecule has 18 heavy (non-hydrogen) atoms. The highest BCUT2D eigenvalue weighted by Gasteiger charge is 2.10. The fourth-order valence-corrected chi connectivity index (χ4v) is 2.48. The Hall–Kier alpha value is -1.46. The van der Waals surface area contributed by atoms with E-state index in [4.69, 9.17) is 16.7 Å². The standard InChI is InChI=1S/C12H9ClFNO2S/c13-7-1-3-9(10(14)5-7)12-15-8(6-18-12)2-4-11(16)17/h1,3,5-6H,2,4H2,(H,16,17). The molecular formula is C12H9ClFNO2S. The van der Waals surface area contributed by atoms with E-state index in [1.165, 1.54) is 17.4 Å². The van der Waals surface area contributed by atoms with Crippen molar-refractivity contribution in [2.24, 2.45) is 0 Å². The zero-order chi connectivity index (χ0) is 13.1. The lowest BCUT2D eigenvalue weighted by molar-refractivity contribution is -0.136. The summed E-state index contributed by atoms with van der Waals surface area (Å²) in [6, 6.07) is 4.39. The van der Waals surface area contributed by atoms with Crippen LogP contribution in [0.5, 0.6) is 0 Å². The van der Waals surface area contributed by atoms with E-state index in [0.29, 0.717) is 27.7 Å². The Labute approximate surface area is 112 Å². The highest BCUT2D eigenvalue weighted by molar-refractivity contribution is 7.13. The molecule has 6 heteroatoms. The molecule has 0 unspecified atom stereocenters. The number of nitrogens with zero attached hydrogens (tertiary/aromatic N) is 1. The van der Waals surface area contributed by atoms with Crippen LogP contribution in [0.25, 0.3) is 10.6 Å². The third kappa shape index (κ3) is 3.05. The van der Waals surface area contributed by atoms with E-state index < -0.39 is 11.8 Å². The largest absolute Gasteiger partial charge is 0.481 e. The number of thiazole rings is 1. The van der Waals surface area contributed by atoms with Crippen LogP contribution in [0.3, 0.4) is 0 Å². The third-order valence-corrected chi connectivity index (χ3v) is 3.47. The van der Waals surface area contributed by atoms with E-state index in [2.05, 4.69) is 4.98 Å². The van der Waals surface area contributed by atoms with Gasteiger partial charge in [0, 0.05) is 22.4 Å². The molecule has 0 aliphatic carbocycles. The van der Waals surface area contributed by atoms with Gasteiger partial charge in [0.25, 0.3) is 0 Å². The van der Waals surface area contributed by atoms with Crippen molar-refractivity contribution < 1.29 is 14.3 Å². The number of aromatic nitrogens is 1. The summed E-state index contributed by atoms with van der Waals surface area (Å²) in [6.07, 6.45) is 0.368. The molecule has 0 saturated heterocycles. The van der Waals surface area contributed by atoms with Gasteiger partial charge < -0.3 is 5.11 Å². The Kier molecular flexibility index (Phi) is 3.93. The molecule has 1 N–H and O–H groups in total. The Bertz CT molecular complexity index is 585. The van der Waals surface area contributed by atoms with Gasteiger partial charge in [0.1, 0.15) is 10.8 Å². The van der Waals surface area contributed by atoms with Crippen LogP contribution in [0.1, 0.15) is 12.1 Å². The minimum atomic E-state index is -0.873. The lowest BCUT2D eigenvalue weighted by atomic mass is 10.2. The number of carboxylic acid groups (broad SMARTS) is 1. The number of aliphatic carboxylic acids is 1. The molecule has 1 aromatic heterocycles. The first-order valence-electron chi connectivity index (χ1n) is 5.18. The Morgan fingerprint density at radius 3 is 2.94 bits per heavy atom. The molecule has 0 radical (unpaired) electrons. The van der Waals surface area contributed by atoms with Crippen LogP contribution in [0, 0.1) is 5.82 Å². The van der Waals surface area contributed by atoms with E-state index >= 15 is 0 Å². The SMILES string of the molecule is O=C(O)CCc1csc(-c2ccc(Cl)cc2F)n1. The van der Waals surface area contributed by atoms with Gasteiger partial charge in [-0.25, -0.2) is 9.37 Å². The Morgan fingerprint density at radius 1 is 1.50 bits per heavy atom. The van der Waals surface area contributed by atoms with Gasteiger partial charge in [-0.05, 0) is 18.2 Å². The molecule has 1 aromatic carbocycles. The summed E-state index contributed by atoms with van der Waals surface area (Å²) in [6.45, 7) is 0. The van der Waals surface area contributed by atoms with E-state index in [0.717, 1.165) is 0 Å². The number of aryl methyl sites for hydroxylation is 1. The van der Waals surface area contributed by atoms with Gasteiger partial charge in [-0.1, -0.05) is 11.6 Å². The van der Waals surface area contributed by atoms with Crippen molar-refractivity contribution in [1.82, 2.24) is 4.98 Å². The summed E-state index contributed by atoms with van der Waals surface area (Å²) in [7, 11) is 0. The molecule has 94 valence electrons. The summed E-state index contributed by atoms with van der Waals surface area (Å²) < 4.78 is 13.6. The predicted octanol–water partition coefficient (Wildman–Crippen LogP) is 3.62. The molecule has 0 aliphatic heterocycles. The average molecular weight is 286 g/mol. The Balaban J connectivity index is 2.21. The van der Waals surface area contributed by atoms with Crippen molar-refractivity contribution >= 4 is 28.9 Å². The minimum Gasteiger partial charge on any atom is -0.481 e. The molecule has 3 nitrogen and oxygen atoms in total. The lowest BCUT2D eigenvalue weighted by Crippen LogP contribution is -1.97. The highest BCUT2D eigenvalue weighted by Crippen LogP contribution is 2.28. The van der Waals surface area contributed by atoms with Crippen molar-refractivity contribution in [3.63, 3.8) is 0 Å². The molecule has 0 bridgehead atoms. The fourth-order valence-electron chi connectivity index (χ4n) is 1.44. The van der Waals surface area contributed by atoms with Crippen LogP contribution in [0.4, 0.5) is 4.39 Å². The maximum absolute atomic E-state index is 13.6. The average Bonchev–Trinajstić information content (AvgIpc) is 2.75. The van der Waals surface area contributed by atoms with Gasteiger partial charge in [0.15, 0.2) is 0 Å². The lowest BCUT2D eigenvalue weighted by Gasteiger charge is -1.99. The summed E-state index contributed by atoms with van der Waals surface area (Å²) >= 11 is 6.96. The third-order valence-electron chi connectivity index (χ3n) is 2.31. The van der Waals surface area contributed by atoms with Crippen molar-refractivity contribution in [3.05, 3.63) is 40.1 Å². The quantitative estimate of drug-likeness (QED) is 0.933. The first-order valence-corrected chi connectivity index (χ1v) is 6.43. The topological polar surface area (TPSA) is 50.2 Å². The predicted molar refractivity (Wildman–Crippen MR) is 68.5 cm³/mol. The molecule has 1 heterocycles. The highest BCUT2D eigenvalue weighted by atomic mass is 35.5. The van der Waals surface area contributed by atoms with E-state index in [1.54, 1.807) is 17.5 Å². The van der Waals surface area contributed by atoms with Crippen LogP contribution in [-0.2, 0) is 11.2 Å². The number of hydrogen-bond donors (Lipinski definition) is 1. The maximum Gasteiger partial charge on any atom is 0.303 e. The van der Waals surface area contributed by atoms with Crippen LogP contribution >= 0.6 is 22.9 Å². The van der Waals surface area contributed by atoms with Crippen molar-refractivity contribution in [3.8, 4) is 10.6 Å². The minimum absolute atomic E-state index is 0.0201. The van der Waals surface area contributed by atoms with Crippen LogP contribution < -0.4 is 0 Å². The van der Waals surface area contributed by atoms with Gasteiger partial charge in [0.05, 0.1) is 12.1 Å². The second-order valence-corrected chi connectivity index (χ2v) is 4.96. The van der Waals surface area contributed by atoms with Gasteiger partial charge in [0.2, 0.25) is 0 Å². The zero-order valence-electron chi connectivity index (χ0n) is 9.19. The van der Waals surface area contributed by atoms with Gasteiger partial charge in [-0.3, -0.25) is 4.79 Å². The Morgan fingerprint density at radius 2 is 2.28 bits per heavy atom. The first kappa shape index (κ1) is 13.0. The summed E-state index contributed by atoms with van der Waals surface area (Å²) in [5, 5.41) is 11.2. The number of halogens is 2. The number of rotatable bonds is 4. The van der Waals surface area contributed by atoms with Crippen molar-refractivity contribution in [1.29, 1.82) is 0 Å². The fraction of sp³-hybridized carbons (Fsp3) is 0.167. The van der Waals surface area contributed by atoms with E-state index in [9.17, 15) is 9.18 Å². The molecule has 2 rings (SSSR count). The monoisotopic (exact) mass is 285 g/mol. The molecule has 0 fully saturated rings. The van der Waals surface area contributed by atoms with Crippen LogP contribution in [0.15, 0.2) is 23.6 Å². The normalized spacial score (nSPS) is 10.6. The summed E-state index contributed by atoms with van der Waals surface area (Å²) in [5.74, 6) is -1.30. The maximum atomic E-state index is 13.6. The smallest absolute Gasteiger partial charge is 0.303 e. The molecular weight excluding hydrogens is 277 g/mol. The number of hydrogen-bond acceptors (Lipinski definition) is 3. The first-order chi connectivity index (χ1) is 8.56. The van der Waals surface area contributed by atoms with Crippen molar-refractivity contribution in [2.75, 3.05) is 0 Å². The van der Waals surface area contributed by atoms with Gasteiger partial charge in [-0.15, -0.1) is 11.3 Å². The van der Waals surface area contributed by atoms with Gasteiger partial charge >= 0.3 is 5.97 Å². The second-order valence-electron chi connectivity index (χ2n) is 3.66. The number of benzene rings is 1. The molecule has 2 aromatic rings. The number of carbonyl (C=O) groups is 1. The van der Waals surface area contributed by atoms with Crippen molar-refractivity contribution in [2.45, 2.75) is 12.8 Å². The van der Waals surface area contributed by atoms with Crippen LogP contribution in [0.2, 0.25) is 5.02 Å². The van der Waals surface area contributed by atoms with Crippen LogP contribution in [-0.4, -0.2) is 16.1 Å². The molecule has 0 spiro atoms. The molecule has 0 amide bonds. The summed E-state index contributed by atoms with van der Waals surface area (Å²) in [5.41, 5.74) is 1.04. The van der Waals surface area contributed by atoms with Gasteiger partial charge in [-0.2, -0.15) is 0 Å². The summed E-state index contributed by atoms with van der Waals surface area (Å²) in [4.78, 5) is 14.7. The van der Waals surface area contributed by atoms with E-state index in [-0.39, 0.29) is 6.42 Å². The second kappa shape index (κ2) is 5.46. The number of carboxylic acids is 1. The zero-order valence-corrected chi connectivity index (χ0v) is 10.8. The van der Waals surface area contributed by atoms with E-state index in [1.807, 2.05) is 0 Å². The molecule has 0 atom stereocenters. The molecule has 0 aliphatic rings. The molecule has 0 saturated carbocycles.